The molecule has 0 saturated carbocycles. The Morgan fingerprint density at radius 3 is 2.30 bits per heavy atom. The number of rotatable bonds is 2. The summed E-state index contributed by atoms with van der Waals surface area (Å²) in [5, 5.41) is 0. The number of nitrogens with zero attached hydrogens (tertiary/aromatic N) is 3. The molecule has 0 aliphatic carbocycles. The highest BCUT2D eigenvalue weighted by molar-refractivity contribution is 5.83. The summed E-state index contributed by atoms with van der Waals surface area (Å²) in [5.41, 5.74) is 4.73. The van der Waals surface area contributed by atoms with Crippen LogP contribution in [0.1, 0.15) is 16.7 Å². The van der Waals surface area contributed by atoms with Crippen LogP contribution in [0.3, 0.4) is 0 Å². The van der Waals surface area contributed by atoms with E-state index in [1.807, 2.05) is 6.08 Å². The Balaban J connectivity index is 1.73. The second-order valence-electron chi connectivity index (χ2n) is 7.57. The quantitative estimate of drug-likeness (QED) is 0.801. The summed E-state index contributed by atoms with van der Waals surface area (Å²) >= 11 is 0. The van der Waals surface area contributed by atoms with Gasteiger partial charge in [-0.1, -0.05) is 12.1 Å². The predicted molar refractivity (Wildman–Crippen MR) is 106 cm³/mol. The molecule has 5 heteroatoms. The molecule has 27 heavy (non-hydrogen) atoms. The molecule has 1 saturated heterocycles. The first-order chi connectivity index (χ1) is 13.0. The minimum atomic E-state index is -0.548. The van der Waals surface area contributed by atoms with Crippen LogP contribution in [0, 0.1) is 11.6 Å². The molecular weight excluding hydrogens is 344 g/mol. The van der Waals surface area contributed by atoms with Gasteiger partial charge in [-0.3, -0.25) is 4.90 Å². The molecule has 0 radical (unpaired) electrons. The van der Waals surface area contributed by atoms with Gasteiger partial charge in [-0.05, 0) is 55.1 Å². The summed E-state index contributed by atoms with van der Waals surface area (Å²) < 4.78 is 27.8. The van der Waals surface area contributed by atoms with Gasteiger partial charge in [0.15, 0.2) is 0 Å². The second kappa shape index (κ2) is 7.41. The van der Waals surface area contributed by atoms with Crippen molar-refractivity contribution in [3.63, 3.8) is 0 Å². The van der Waals surface area contributed by atoms with Crippen LogP contribution in [0.4, 0.5) is 14.5 Å². The van der Waals surface area contributed by atoms with Crippen molar-refractivity contribution in [1.29, 1.82) is 0 Å². The Morgan fingerprint density at radius 2 is 1.56 bits per heavy atom. The zero-order valence-corrected chi connectivity index (χ0v) is 15.9. The minimum Gasteiger partial charge on any atom is -0.369 e. The van der Waals surface area contributed by atoms with Gasteiger partial charge in [0.2, 0.25) is 0 Å². The zero-order chi connectivity index (χ0) is 19.0. The molecule has 1 fully saturated rings. The normalized spacial score (nSPS) is 18.8. The second-order valence-corrected chi connectivity index (χ2v) is 7.57. The topological polar surface area (TPSA) is 9.72 Å². The third-order valence-corrected chi connectivity index (χ3v) is 5.52. The Labute approximate surface area is 159 Å². The molecule has 2 aromatic carbocycles. The summed E-state index contributed by atoms with van der Waals surface area (Å²) in [7, 11) is 4.21. The Bertz CT molecular complexity index is 870. The molecule has 2 aromatic rings. The molecule has 0 amide bonds. The number of benzene rings is 2. The molecule has 142 valence electrons. The fourth-order valence-corrected chi connectivity index (χ4v) is 3.91. The number of hydrogen-bond donors (Lipinski definition) is 0. The molecule has 2 heterocycles. The van der Waals surface area contributed by atoms with E-state index in [1.54, 1.807) is 6.07 Å². The Hall–Kier alpha value is -2.24. The van der Waals surface area contributed by atoms with Crippen molar-refractivity contribution in [1.82, 2.24) is 9.80 Å². The highest BCUT2D eigenvalue weighted by Crippen LogP contribution is 2.33. The van der Waals surface area contributed by atoms with Crippen LogP contribution in [0.2, 0.25) is 0 Å². The van der Waals surface area contributed by atoms with Gasteiger partial charge < -0.3 is 9.80 Å². The van der Waals surface area contributed by atoms with Gasteiger partial charge in [0.05, 0.1) is 0 Å². The zero-order valence-electron chi connectivity index (χ0n) is 15.9. The fourth-order valence-electron chi connectivity index (χ4n) is 3.91. The van der Waals surface area contributed by atoms with E-state index < -0.39 is 11.6 Å². The van der Waals surface area contributed by atoms with E-state index in [9.17, 15) is 8.78 Å². The number of likely N-dealkylation sites (N-methyl/N-ethyl adjacent to an activating group) is 2. The molecule has 2 aliphatic heterocycles. The maximum absolute atomic E-state index is 14.5. The van der Waals surface area contributed by atoms with Crippen LogP contribution >= 0.6 is 0 Å². The average Bonchev–Trinajstić information content (AvgIpc) is 2.80. The van der Waals surface area contributed by atoms with Gasteiger partial charge in [-0.25, -0.2) is 8.78 Å². The number of fused-ring (bicyclic) bond motifs is 1. The van der Waals surface area contributed by atoms with Crippen LogP contribution in [-0.4, -0.2) is 56.6 Å². The minimum absolute atomic E-state index is 0.459. The van der Waals surface area contributed by atoms with E-state index in [0.717, 1.165) is 56.5 Å². The van der Waals surface area contributed by atoms with Crippen LogP contribution in [0.15, 0.2) is 42.5 Å². The van der Waals surface area contributed by atoms with E-state index in [0.29, 0.717) is 5.56 Å². The van der Waals surface area contributed by atoms with E-state index >= 15 is 0 Å². The predicted octanol–water partition coefficient (Wildman–Crippen LogP) is 3.59. The van der Waals surface area contributed by atoms with E-state index in [4.69, 9.17) is 0 Å². The molecule has 3 nitrogen and oxygen atoms in total. The van der Waals surface area contributed by atoms with E-state index in [-0.39, 0.29) is 0 Å². The van der Waals surface area contributed by atoms with Crippen molar-refractivity contribution in [2.24, 2.45) is 0 Å². The Morgan fingerprint density at radius 1 is 0.815 bits per heavy atom. The molecule has 4 rings (SSSR count). The Kier molecular flexibility index (Phi) is 4.98. The van der Waals surface area contributed by atoms with Crippen LogP contribution < -0.4 is 4.90 Å². The lowest BCUT2D eigenvalue weighted by molar-refractivity contribution is 0.312. The summed E-state index contributed by atoms with van der Waals surface area (Å²) in [6.07, 6.45) is 2.04. The molecular formula is C22H25F2N3. The molecule has 0 spiro atoms. The van der Waals surface area contributed by atoms with Crippen molar-refractivity contribution >= 4 is 11.3 Å². The lowest BCUT2D eigenvalue weighted by atomic mass is 9.93. The largest absolute Gasteiger partial charge is 0.369 e. The molecule has 0 N–H and O–H groups in total. The van der Waals surface area contributed by atoms with E-state index in [2.05, 4.69) is 47.0 Å². The highest BCUT2D eigenvalue weighted by Gasteiger charge is 2.21. The summed E-state index contributed by atoms with van der Waals surface area (Å²) in [4.78, 5) is 6.96. The smallest absolute Gasteiger partial charge is 0.133 e. The number of halogens is 2. The number of hydrogen-bond acceptors (Lipinski definition) is 3. The monoisotopic (exact) mass is 369 g/mol. The molecule has 0 bridgehead atoms. The average molecular weight is 369 g/mol. The van der Waals surface area contributed by atoms with Gasteiger partial charge in [0, 0.05) is 56.6 Å². The van der Waals surface area contributed by atoms with Crippen LogP contribution in [0.25, 0.3) is 5.57 Å². The number of anilines is 1. The van der Waals surface area contributed by atoms with Crippen molar-refractivity contribution < 1.29 is 8.78 Å². The standard InChI is InChI=1S/C22H25F2N3/c1-25-9-11-27(12-10-25)18-4-6-19-16(13-18)15-26(2)8-7-20(19)21-5-3-17(23)14-22(21)24/h3-7,13-14H,8-12,15H2,1-2H3. The van der Waals surface area contributed by atoms with E-state index in [1.165, 1.54) is 17.3 Å². The van der Waals surface area contributed by atoms with Gasteiger partial charge >= 0.3 is 0 Å². The maximum atomic E-state index is 14.5. The van der Waals surface area contributed by atoms with Crippen molar-refractivity contribution in [2.75, 3.05) is 51.7 Å². The molecule has 2 aliphatic rings. The van der Waals surface area contributed by atoms with Gasteiger partial charge in [0.1, 0.15) is 11.6 Å². The molecule has 0 unspecified atom stereocenters. The first-order valence-corrected chi connectivity index (χ1v) is 9.42. The third kappa shape index (κ3) is 3.75. The number of piperazine rings is 1. The van der Waals surface area contributed by atoms with Gasteiger partial charge in [0.25, 0.3) is 0 Å². The summed E-state index contributed by atoms with van der Waals surface area (Å²) in [6.45, 7) is 5.68. The first-order valence-electron chi connectivity index (χ1n) is 9.42. The fraction of sp³-hybridized carbons (Fsp3) is 0.364. The lowest BCUT2D eigenvalue weighted by Gasteiger charge is -2.34. The highest BCUT2D eigenvalue weighted by atomic mass is 19.1. The van der Waals surface area contributed by atoms with Crippen LogP contribution in [-0.2, 0) is 6.54 Å². The molecule has 0 aromatic heterocycles. The summed E-state index contributed by atoms with van der Waals surface area (Å²) in [5.74, 6) is -1.06. The molecule has 0 atom stereocenters. The van der Waals surface area contributed by atoms with Crippen molar-refractivity contribution in [3.8, 4) is 0 Å². The first kappa shape index (κ1) is 18.1. The van der Waals surface area contributed by atoms with Gasteiger partial charge in [-0.15, -0.1) is 0 Å². The lowest BCUT2D eigenvalue weighted by Crippen LogP contribution is -2.44. The maximum Gasteiger partial charge on any atom is 0.133 e. The third-order valence-electron chi connectivity index (χ3n) is 5.52. The van der Waals surface area contributed by atoms with Crippen LogP contribution in [0.5, 0.6) is 0 Å². The van der Waals surface area contributed by atoms with Crippen molar-refractivity contribution in [2.45, 2.75) is 6.54 Å². The van der Waals surface area contributed by atoms with Crippen molar-refractivity contribution in [3.05, 3.63) is 70.8 Å². The van der Waals surface area contributed by atoms with Gasteiger partial charge in [-0.2, -0.15) is 0 Å². The SMILES string of the molecule is CN1CCN(c2ccc3c(c2)CN(C)CC=C3c2ccc(F)cc2F)CC1. The summed E-state index contributed by atoms with van der Waals surface area (Å²) in [6, 6.07) is 10.3.